The SMILES string of the molecule is Cn1ccc(-c2ccc3nc(C(=O)NCC(O)CN4CCc5ccccc5C4)cn3n2)cc1=O. The van der Waals surface area contributed by atoms with Crippen molar-refractivity contribution in [1.82, 2.24) is 29.4 Å². The van der Waals surface area contributed by atoms with Crippen molar-refractivity contribution in [2.45, 2.75) is 19.1 Å². The smallest absolute Gasteiger partial charge is 0.271 e. The number of benzene rings is 1. The van der Waals surface area contributed by atoms with Crippen LogP contribution in [-0.2, 0) is 20.0 Å². The Morgan fingerprint density at radius 2 is 2.00 bits per heavy atom. The number of hydrogen-bond acceptors (Lipinski definition) is 6. The van der Waals surface area contributed by atoms with Gasteiger partial charge in [0.2, 0.25) is 0 Å². The minimum atomic E-state index is -0.684. The van der Waals surface area contributed by atoms with Gasteiger partial charge in [-0.2, -0.15) is 5.10 Å². The maximum atomic E-state index is 12.6. The molecule has 1 atom stereocenters. The molecule has 4 heterocycles. The molecule has 0 saturated heterocycles. The molecule has 0 aliphatic carbocycles. The zero-order valence-corrected chi connectivity index (χ0v) is 18.9. The minimum absolute atomic E-state index is 0.127. The quantitative estimate of drug-likeness (QED) is 0.451. The summed E-state index contributed by atoms with van der Waals surface area (Å²) in [6.45, 7) is 2.31. The fourth-order valence-corrected chi connectivity index (χ4v) is 4.23. The predicted molar refractivity (Wildman–Crippen MR) is 127 cm³/mol. The fourth-order valence-electron chi connectivity index (χ4n) is 4.23. The molecular formula is C25H26N6O3. The highest BCUT2D eigenvalue weighted by molar-refractivity contribution is 5.92. The third-order valence-electron chi connectivity index (χ3n) is 6.13. The molecule has 174 valence electrons. The summed E-state index contributed by atoms with van der Waals surface area (Å²) in [4.78, 5) is 31.1. The standard InChI is InChI=1S/C25H26N6O3/c1-29-10-8-18(12-24(29)33)21-6-7-23-27-22(16-31(23)28-21)25(34)26-13-20(32)15-30-11-9-17-4-2-3-5-19(17)14-30/h2-8,10,12,16,20,32H,9,11,13-15H2,1H3,(H,26,34). The molecule has 3 aromatic heterocycles. The van der Waals surface area contributed by atoms with E-state index in [9.17, 15) is 14.7 Å². The number of carbonyl (C=O) groups excluding carboxylic acids is 1. The zero-order chi connectivity index (χ0) is 23.7. The van der Waals surface area contributed by atoms with Crippen LogP contribution in [0.3, 0.4) is 0 Å². The Labute approximate surface area is 196 Å². The van der Waals surface area contributed by atoms with Crippen LogP contribution in [0.25, 0.3) is 16.9 Å². The van der Waals surface area contributed by atoms with Crippen molar-refractivity contribution < 1.29 is 9.90 Å². The average molecular weight is 459 g/mol. The van der Waals surface area contributed by atoms with Crippen LogP contribution in [0.5, 0.6) is 0 Å². The van der Waals surface area contributed by atoms with E-state index in [4.69, 9.17) is 0 Å². The number of imidazole rings is 1. The number of hydrogen-bond donors (Lipinski definition) is 2. The highest BCUT2D eigenvalue weighted by Gasteiger charge is 2.19. The minimum Gasteiger partial charge on any atom is -0.390 e. The molecule has 1 aliphatic heterocycles. The number of amides is 1. The van der Waals surface area contributed by atoms with Crippen LogP contribution in [0.1, 0.15) is 21.6 Å². The molecule has 0 bridgehead atoms. The summed E-state index contributed by atoms with van der Waals surface area (Å²) in [5.41, 5.74) is 4.55. The Morgan fingerprint density at radius 3 is 2.82 bits per heavy atom. The maximum Gasteiger partial charge on any atom is 0.271 e. The lowest BCUT2D eigenvalue weighted by Crippen LogP contribution is -2.42. The highest BCUT2D eigenvalue weighted by Crippen LogP contribution is 2.18. The molecule has 0 spiro atoms. The van der Waals surface area contributed by atoms with Gasteiger partial charge in [-0.1, -0.05) is 24.3 Å². The summed E-state index contributed by atoms with van der Waals surface area (Å²) in [6.07, 6.45) is 3.51. The molecule has 9 nitrogen and oxygen atoms in total. The molecule has 2 N–H and O–H groups in total. The summed E-state index contributed by atoms with van der Waals surface area (Å²) in [6, 6.07) is 15.2. The van der Waals surface area contributed by atoms with Crippen molar-refractivity contribution in [3.8, 4) is 11.3 Å². The molecule has 5 rings (SSSR count). The summed E-state index contributed by atoms with van der Waals surface area (Å²) in [7, 11) is 1.69. The Hall–Kier alpha value is -3.82. The largest absolute Gasteiger partial charge is 0.390 e. The topological polar surface area (TPSA) is 105 Å². The van der Waals surface area contributed by atoms with Crippen molar-refractivity contribution >= 4 is 11.6 Å². The second-order valence-electron chi connectivity index (χ2n) is 8.63. The molecular weight excluding hydrogens is 432 g/mol. The van der Waals surface area contributed by atoms with E-state index >= 15 is 0 Å². The number of aliphatic hydroxyl groups excluding tert-OH is 1. The van der Waals surface area contributed by atoms with E-state index in [-0.39, 0.29) is 23.7 Å². The molecule has 0 saturated carbocycles. The summed E-state index contributed by atoms with van der Waals surface area (Å²) in [5.74, 6) is -0.372. The summed E-state index contributed by atoms with van der Waals surface area (Å²) < 4.78 is 3.00. The lowest BCUT2D eigenvalue weighted by Gasteiger charge is -2.30. The van der Waals surface area contributed by atoms with Gasteiger partial charge in [-0.15, -0.1) is 0 Å². The number of aliphatic hydroxyl groups is 1. The van der Waals surface area contributed by atoms with Gasteiger partial charge >= 0.3 is 0 Å². The maximum absolute atomic E-state index is 12.6. The fraction of sp³-hybridized carbons (Fsp3) is 0.280. The number of rotatable bonds is 6. The van der Waals surface area contributed by atoms with Crippen LogP contribution < -0.4 is 10.9 Å². The van der Waals surface area contributed by atoms with Gasteiger partial charge in [0.15, 0.2) is 5.65 Å². The Morgan fingerprint density at radius 1 is 1.18 bits per heavy atom. The zero-order valence-electron chi connectivity index (χ0n) is 18.9. The van der Waals surface area contributed by atoms with Crippen molar-refractivity contribution in [1.29, 1.82) is 0 Å². The van der Waals surface area contributed by atoms with Gasteiger partial charge in [0.25, 0.3) is 11.5 Å². The van der Waals surface area contributed by atoms with E-state index in [1.165, 1.54) is 26.3 Å². The normalized spacial score (nSPS) is 14.6. The van der Waals surface area contributed by atoms with E-state index in [0.717, 1.165) is 19.5 Å². The summed E-state index contributed by atoms with van der Waals surface area (Å²) >= 11 is 0. The van der Waals surface area contributed by atoms with Gasteiger partial charge < -0.3 is 15.0 Å². The molecule has 1 aromatic carbocycles. The number of aromatic nitrogens is 4. The van der Waals surface area contributed by atoms with Crippen molar-refractivity contribution in [3.05, 3.63) is 88.1 Å². The number of carbonyl (C=O) groups is 1. The van der Waals surface area contributed by atoms with Crippen LogP contribution in [-0.4, -0.2) is 60.8 Å². The first-order valence-electron chi connectivity index (χ1n) is 11.3. The van der Waals surface area contributed by atoms with Crippen molar-refractivity contribution in [2.24, 2.45) is 7.05 Å². The summed E-state index contributed by atoms with van der Waals surface area (Å²) in [5, 5.41) is 17.7. The van der Waals surface area contributed by atoms with Gasteiger partial charge in [0.05, 0.1) is 18.0 Å². The predicted octanol–water partition coefficient (Wildman–Crippen LogP) is 1.24. The Kier molecular flexibility index (Phi) is 5.95. The van der Waals surface area contributed by atoms with E-state index in [1.807, 2.05) is 12.1 Å². The molecule has 1 amide bonds. The number of nitrogens with one attached hydrogen (secondary N) is 1. The monoisotopic (exact) mass is 458 g/mol. The number of fused-ring (bicyclic) bond motifs is 2. The first-order valence-corrected chi connectivity index (χ1v) is 11.3. The number of nitrogens with zero attached hydrogens (tertiary/aromatic N) is 5. The lowest BCUT2D eigenvalue weighted by atomic mass is 10.00. The second-order valence-corrected chi connectivity index (χ2v) is 8.63. The van der Waals surface area contributed by atoms with Crippen LogP contribution >= 0.6 is 0 Å². The van der Waals surface area contributed by atoms with Crippen LogP contribution in [0.4, 0.5) is 0 Å². The van der Waals surface area contributed by atoms with E-state index in [1.54, 1.807) is 31.6 Å². The average Bonchev–Trinajstić information content (AvgIpc) is 3.28. The molecule has 1 aliphatic rings. The third-order valence-corrected chi connectivity index (χ3v) is 6.13. The highest BCUT2D eigenvalue weighted by atomic mass is 16.3. The molecule has 34 heavy (non-hydrogen) atoms. The van der Waals surface area contributed by atoms with Gasteiger partial charge in [0, 0.05) is 51.1 Å². The molecule has 4 aromatic rings. The number of β-amino-alcohol motifs (C(OH)–C–C–N with tert-alkyl or cyclic N) is 1. The molecule has 0 radical (unpaired) electrons. The van der Waals surface area contributed by atoms with E-state index < -0.39 is 6.10 Å². The van der Waals surface area contributed by atoms with Gasteiger partial charge in [-0.25, -0.2) is 9.50 Å². The van der Waals surface area contributed by atoms with Crippen LogP contribution in [0.2, 0.25) is 0 Å². The number of aryl methyl sites for hydroxylation is 1. The Bertz CT molecular complexity index is 1410. The van der Waals surface area contributed by atoms with E-state index in [2.05, 4.69) is 38.5 Å². The first-order chi connectivity index (χ1) is 16.5. The molecule has 1 unspecified atom stereocenters. The molecule has 9 heteroatoms. The second kappa shape index (κ2) is 9.20. The number of pyridine rings is 1. The third kappa shape index (κ3) is 4.61. The van der Waals surface area contributed by atoms with Gasteiger partial charge in [-0.3, -0.25) is 14.5 Å². The van der Waals surface area contributed by atoms with E-state index in [0.29, 0.717) is 23.4 Å². The first kappa shape index (κ1) is 22.0. The van der Waals surface area contributed by atoms with Crippen molar-refractivity contribution in [3.63, 3.8) is 0 Å². The van der Waals surface area contributed by atoms with Gasteiger partial charge in [0.1, 0.15) is 5.69 Å². The lowest BCUT2D eigenvalue weighted by molar-refractivity contribution is 0.0838. The van der Waals surface area contributed by atoms with Crippen LogP contribution in [0.15, 0.2) is 65.7 Å². The van der Waals surface area contributed by atoms with Gasteiger partial charge in [-0.05, 0) is 35.7 Å². The Balaban J connectivity index is 1.20. The van der Waals surface area contributed by atoms with Crippen molar-refractivity contribution in [2.75, 3.05) is 19.6 Å². The molecule has 0 fully saturated rings. The van der Waals surface area contributed by atoms with Crippen LogP contribution in [0, 0.1) is 0 Å².